The van der Waals surface area contributed by atoms with Gasteiger partial charge in [0, 0.05) is 31.7 Å². The Balaban J connectivity index is 1.58. The van der Waals surface area contributed by atoms with Crippen molar-refractivity contribution >= 4 is 11.8 Å². The lowest BCUT2D eigenvalue weighted by Crippen LogP contribution is -2.42. The predicted molar refractivity (Wildman–Crippen MR) is 115 cm³/mol. The highest BCUT2D eigenvalue weighted by atomic mass is 16.5. The number of likely N-dealkylation sites (tertiary alicyclic amines) is 1. The molecule has 10 heteroatoms. The van der Waals surface area contributed by atoms with Gasteiger partial charge in [-0.3, -0.25) is 14.7 Å². The summed E-state index contributed by atoms with van der Waals surface area (Å²) in [5.41, 5.74) is 0.389. The van der Waals surface area contributed by atoms with Crippen molar-refractivity contribution in [1.29, 1.82) is 0 Å². The summed E-state index contributed by atoms with van der Waals surface area (Å²) < 4.78 is 16.2. The summed E-state index contributed by atoms with van der Waals surface area (Å²) in [6.07, 6.45) is 1.96. The van der Waals surface area contributed by atoms with Crippen molar-refractivity contribution in [2.75, 3.05) is 34.0 Å². The van der Waals surface area contributed by atoms with Crippen molar-refractivity contribution < 1.29 is 23.8 Å². The number of aromatic nitrogens is 3. The molecule has 2 aromatic rings. The molecule has 10 nitrogen and oxygen atoms in total. The SMILES string of the molecule is COc1cccc(C(=O)N2C[C@@H](NC(=O)C3CCOCC3)C[C@H]2c2n[nH]c(C)n2)c1OC. The zero-order chi connectivity index (χ0) is 22.7. The first-order valence-electron chi connectivity index (χ1n) is 10.8. The van der Waals surface area contributed by atoms with E-state index in [-0.39, 0.29) is 29.8 Å². The number of hydrogen-bond donors (Lipinski definition) is 2. The van der Waals surface area contributed by atoms with E-state index in [1.165, 1.54) is 14.2 Å². The van der Waals surface area contributed by atoms with Crippen LogP contribution >= 0.6 is 0 Å². The number of carbonyl (C=O) groups is 2. The Morgan fingerprint density at radius 3 is 2.66 bits per heavy atom. The van der Waals surface area contributed by atoms with Crippen LogP contribution in [0.1, 0.15) is 47.3 Å². The first-order chi connectivity index (χ1) is 15.5. The van der Waals surface area contributed by atoms with Gasteiger partial charge < -0.3 is 24.4 Å². The van der Waals surface area contributed by atoms with Crippen LogP contribution in [-0.2, 0) is 9.53 Å². The molecule has 1 aromatic carbocycles. The molecule has 0 saturated carbocycles. The van der Waals surface area contributed by atoms with Crippen molar-refractivity contribution in [3.63, 3.8) is 0 Å². The molecule has 0 bridgehead atoms. The van der Waals surface area contributed by atoms with Crippen molar-refractivity contribution in [2.45, 2.75) is 38.3 Å². The zero-order valence-electron chi connectivity index (χ0n) is 18.6. The van der Waals surface area contributed by atoms with Crippen molar-refractivity contribution in [3.05, 3.63) is 35.4 Å². The van der Waals surface area contributed by atoms with Crippen LogP contribution in [-0.4, -0.2) is 71.9 Å². The maximum atomic E-state index is 13.6. The predicted octanol–water partition coefficient (Wildman–Crippen LogP) is 1.63. The number of para-hydroxylation sites is 1. The molecule has 2 atom stereocenters. The fourth-order valence-corrected chi connectivity index (χ4v) is 4.41. The molecule has 0 spiro atoms. The molecule has 0 unspecified atom stereocenters. The average Bonchev–Trinajstić information content (AvgIpc) is 3.44. The monoisotopic (exact) mass is 443 g/mol. The third-order valence-corrected chi connectivity index (χ3v) is 6.05. The Labute approximate surface area is 186 Å². The van der Waals surface area contributed by atoms with Crippen LogP contribution in [0.5, 0.6) is 11.5 Å². The summed E-state index contributed by atoms with van der Waals surface area (Å²) in [7, 11) is 3.04. The molecule has 2 saturated heterocycles. The van der Waals surface area contributed by atoms with E-state index in [4.69, 9.17) is 14.2 Å². The van der Waals surface area contributed by atoms with Crippen molar-refractivity contribution in [3.8, 4) is 11.5 Å². The quantitative estimate of drug-likeness (QED) is 0.696. The summed E-state index contributed by atoms with van der Waals surface area (Å²) in [5, 5.41) is 10.3. The molecule has 1 aromatic heterocycles. The first-order valence-corrected chi connectivity index (χ1v) is 10.8. The number of methoxy groups -OCH3 is 2. The summed E-state index contributed by atoms with van der Waals surface area (Å²) in [6, 6.07) is 4.63. The smallest absolute Gasteiger partial charge is 0.258 e. The Hall–Kier alpha value is -3.14. The second-order valence-electron chi connectivity index (χ2n) is 8.12. The number of carbonyl (C=O) groups excluding carboxylic acids is 2. The van der Waals surface area contributed by atoms with Crippen LogP contribution in [0.25, 0.3) is 0 Å². The van der Waals surface area contributed by atoms with E-state index in [2.05, 4.69) is 20.5 Å². The number of H-pyrrole nitrogens is 1. The number of aromatic amines is 1. The summed E-state index contributed by atoms with van der Waals surface area (Å²) in [4.78, 5) is 32.6. The van der Waals surface area contributed by atoms with Crippen LogP contribution in [0.3, 0.4) is 0 Å². The van der Waals surface area contributed by atoms with Gasteiger partial charge in [0.2, 0.25) is 5.91 Å². The van der Waals surface area contributed by atoms with E-state index < -0.39 is 0 Å². The van der Waals surface area contributed by atoms with Crippen molar-refractivity contribution in [1.82, 2.24) is 25.4 Å². The molecular weight excluding hydrogens is 414 g/mol. The van der Waals surface area contributed by atoms with Gasteiger partial charge >= 0.3 is 0 Å². The first kappa shape index (κ1) is 22.1. The Bertz CT molecular complexity index is 971. The number of ether oxygens (including phenoxy) is 3. The molecule has 2 N–H and O–H groups in total. The molecule has 2 aliphatic rings. The fourth-order valence-electron chi connectivity index (χ4n) is 4.41. The maximum Gasteiger partial charge on any atom is 0.258 e. The molecule has 172 valence electrons. The minimum atomic E-state index is -0.372. The van der Waals surface area contributed by atoms with E-state index in [9.17, 15) is 9.59 Å². The molecule has 2 amide bonds. The summed E-state index contributed by atoms with van der Waals surface area (Å²) >= 11 is 0. The highest BCUT2D eigenvalue weighted by Gasteiger charge is 2.41. The average molecular weight is 444 g/mol. The molecule has 32 heavy (non-hydrogen) atoms. The Morgan fingerprint density at radius 2 is 2.00 bits per heavy atom. The molecule has 3 heterocycles. The van der Waals surface area contributed by atoms with Gasteiger partial charge in [-0.2, -0.15) is 5.10 Å². The minimum absolute atomic E-state index is 0.0106. The van der Waals surface area contributed by atoms with Crippen LogP contribution in [0.4, 0.5) is 0 Å². The highest BCUT2D eigenvalue weighted by Crippen LogP contribution is 2.36. The number of benzene rings is 1. The molecule has 0 radical (unpaired) electrons. The molecule has 4 rings (SSSR count). The van der Waals surface area contributed by atoms with Gasteiger partial charge in [-0.15, -0.1) is 0 Å². The summed E-state index contributed by atoms with van der Waals surface area (Å²) in [5.74, 6) is 1.78. The lowest BCUT2D eigenvalue weighted by atomic mass is 9.99. The van der Waals surface area contributed by atoms with Crippen LogP contribution < -0.4 is 14.8 Å². The van der Waals surface area contributed by atoms with Gasteiger partial charge in [-0.05, 0) is 38.3 Å². The Kier molecular flexibility index (Phi) is 6.59. The maximum absolute atomic E-state index is 13.6. The van der Waals surface area contributed by atoms with E-state index in [0.29, 0.717) is 67.7 Å². The third kappa shape index (κ3) is 4.40. The van der Waals surface area contributed by atoms with Crippen LogP contribution in [0.15, 0.2) is 18.2 Å². The lowest BCUT2D eigenvalue weighted by Gasteiger charge is -2.24. The van der Waals surface area contributed by atoms with Crippen molar-refractivity contribution in [2.24, 2.45) is 5.92 Å². The van der Waals surface area contributed by atoms with E-state index in [0.717, 1.165) is 0 Å². The van der Waals surface area contributed by atoms with E-state index in [1.54, 1.807) is 23.1 Å². The Morgan fingerprint density at radius 1 is 1.22 bits per heavy atom. The van der Waals surface area contributed by atoms with Gasteiger partial charge in [-0.1, -0.05) is 6.07 Å². The third-order valence-electron chi connectivity index (χ3n) is 6.05. The second kappa shape index (κ2) is 9.56. The summed E-state index contributed by atoms with van der Waals surface area (Å²) in [6.45, 7) is 3.36. The largest absolute Gasteiger partial charge is 0.493 e. The number of hydrogen-bond acceptors (Lipinski definition) is 7. The normalized spacial score (nSPS) is 21.4. The van der Waals surface area contributed by atoms with Gasteiger partial charge in [0.05, 0.1) is 25.8 Å². The van der Waals surface area contributed by atoms with E-state index >= 15 is 0 Å². The van der Waals surface area contributed by atoms with Crippen LogP contribution in [0.2, 0.25) is 0 Å². The lowest BCUT2D eigenvalue weighted by molar-refractivity contribution is -0.128. The number of rotatable bonds is 6. The standard InChI is InChI=1S/C22H29N5O5/c1-13-23-20(26-25-13)17-11-15(24-21(28)14-7-9-32-10-8-14)12-27(17)22(29)16-5-4-6-18(30-2)19(16)31-3/h4-6,14-15,17H,7-12H2,1-3H3,(H,24,28)(H,23,25,26)/t15-,17-/m0/s1. The number of aryl methyl sites for hydroxylation is 1. The second-order valence-corrected chi connectivity index (χ2v) is 8.12. The van der Waals surface area contributed by atoms with E-state index in [1.807, 2.05) is 6.92 Å². The molecular formula is C22H29N5O5. The number of nitrogens with one attached hydrogen (secondary N) is 2. The van der Waals surface area contributed by atoms with Gasteiger partial charge in [0.15, 0.2) is 17.3 Å². The molecule has 0 aliphatic carbocycles. The number of nitrogens with zero attached hydrogens (tertiary/aromatic N) is 3. The van der Waals surface area contributed by atoms with Gasteiger partial charge in [0.25, 0.3) is 5.91 Å². The van der Waals surface area contributed by atoms with Gasteiger partial charge in [-0.25, -0.2) is 4.98 Å². The topological polar surface area (TPSA) is 119 Å². The zero-order valence-corrected chi connectivity index (χ0v) is 18.6. The van der Waals surface area contributed by atoms with Crippen LogP contribution in [0, 0.1) is 12.8 Å². The highest BCUT2D eigenvalue weighted by molar-refractivity contribution is 5.98. The fraction of sp³-hybridized carbons (Fsp3) is 0.545. The van der Waals surface area contributed by atoms with Gasteiger partial charge in [0.1, 0.15) is 5.82 Å². The molecule has 2 fully saturated rings. The minimum Gasteiger partial charge on any atom is -0.493 e. The molecule has 2 aliphatic heterocycles. The number of amides is 2.